The highest BCUT2D eigenvalue weighted by Gasteiger charge is 2.19. The summed E-state index contributed by atoms with van der Waals surface area (Å²) in [5, 5.41) is 2.61. The molecule has 0 fully saturated rings. The summed E-state index contributed by atoms with van der Waals surface area (Å²) in [4.78, 5) is 3.63. The summed E-state index contributed by atoms with van der Waals surface area (Å²) in [5.74, 6) is 0. The quantitative estimate of drug-likeness (QED) is 0.525. The third-order valence-electron chi connectivity index (χ3n) is 4.87. The van der Waals surface area contributed by atoms with E-state index >= 15 is 0 Å². The number of aryl methyl sites for hydroxylation is 2. The lowest BCUT2D eigenvalue weighted by Crippen LogP contribution is -2.24. The molecule has 110 valence electrons. The molecule has 1 N–H and O–H groups in total. The van der Waals surface area contributed by atoms with Crippen molar-refractivity contribution in [3.05, 3.63) is 59.4 Å². The predicted octanol–water partition coefficient (Wildman–Crippen LogP) is 4.49. The van der Waals surface area contributed by atoms with Gasteiger partial charge in [0.2, 0.25) is 5.52 Å². The highest BCUT2D eigenvalue weighted by atomic mass is 14.9. The second-order valence-corrected chi connectivity index (χ2v) is 6.00. The van der Waals surface area contributed by atoms with Crippen LogP contribution in [0.5, 0.6) is 0 Å². The van der Waals surface area contributed by atoms with Gasteiger partial charge in [0, 0.05) is 33.5 Å². The molecule has 2 heteroatoms. The van der Waals surface area contributed by atoms with Crippen molar-refractivity contribution in [2.45, 2.75) is 33.6 Å². The van der Waals surface area contributed by atoms with E-state index in [9.17, 15) is 0 Å². The Bertz CT molecular complexity index is 1010. The van der Waals surface area contributed by atoms with Crippen LogP contribution in [0, 0.1) is 6.92 Å². The number of hydrogen-bond donors (Lipinski definition) is 1. The zero-order valence-electron chi connectivity index (χ0n) is 13.4. The van der Waals surface area contributed by atoms with Crippen LogP contribution < -0.4 is 4.40 Å². The van der Waals surface area contributed by atoms with Crippen LogP contribution in [0.4, 0.5) is 0 Å². The Morgan fingerprint density at radius 1 is 1.00 bits per heavy atom. The van der Waals surface area contributed by atoms with E-state index < -0.39 is 0 Å². The minimum absolute atomic E-state index is 1.08. The van der Waals surface area contributed by atoms with Crippen molar-refractivity contribution in [3.8, 4) is 0 Å². The van der Waals surface area contributed by atoms with Crippen LogP contribution in [-0.4, -0.2) is 4.98 Å². The van der Waals surface area contributed by atoms with Crippen molar-refractivity contribution >= 4 is 27.3 Å². The first-order valence-electron chi connectivity index (χ1n) is 8.10. The van der Waals surface area contributed by atoms with Gasteiger partial charge in [-0.05, 0) is 31.4 Å². The van der Waals surface area contributed by atoms with E-state index in [4.69, 9.17) is 0 Å². The number of fused-ring (bicyclic) bond motifs is 5. The van der Waals surface area contributed by atoms with E-state index in [0.29, 0.717) is 0 Å². The van der Waals surface area contributed by atoms with Crippen molar-refractivity contribution < 1.29 is 4.40 Å². The maximum atomic E-state index is 3.63. The number of rotatable bonds is 2. The molecule has 3 aromatic heterocycles. The average molecular weight is 289 g/mol. The van der Waals surface area contributed by atoms with Gasteiger partial charge in [0.25, 0.3) is 0 Å². The second kappa shape index (κ2) is 4.84. The van der Waals surface area contributed by atoms with E-state index in [1.165, 1.54) is 44.0 Å². The van der Waals surface area contributed by atoms with E-state index in [1.54, 1.807) is 0 Å². The number of aromatic nitrogens is 2. The van der Waals surface area contributed by atoms with Gasteiger partial charge >= 0.3 is 0 Å². The van der Waals surface area contributed by atoms with Crippen molar-refractivity contribution in [2.75, 3.05) is 0 Å². The van der Waals surface area contributed by atoms with E-state index in [0.717, 1.165) is 12.8 Å². The second-order valence-electron chi connectivity index (χ2n) is 6.00. The number of benzene rings is 1. The van der Waals surface area contributed by atoms with Crippen LogP contribution in [0.1, 0.15) is 30.5 Å². The van der Waals surface area contributed by atoms with Crippen LogP contribution >= 0.6 is 0 Å². The van der Waals surface area contributed by atoms with Gasteiger partial charge in [-0.1, -0.05) is 32.0 Å². The fourth-order valence-corrected chi connectivity index (χ4v) is 3.80. The normalized spacial score (nSPS) is 11.8. The summed E-state index contributed by atoms with van der Waals surface area (Å²) in [7, 11) is 0. The molecule has 0 saturated heterocycles. The van der Waals surface area contributed by atoms with E-state index in [-0.39, 0.29) is 0 Å². The van der Waals surface area contributed by atoms with Gasteiger partial charge in [0.1, 0.15) is 5.52 Å². The molecule has 3 heterocycles. The van der Waals surface area contributed by atoms with Crippen LogP contribution in [-0.2, 0) is 12.8 Å². The van der Waals surface area contributed by atoms with Gasteiger partial charge in [0.15, 0.2) is 12.4 Å². The minimum Gasteiger partial charge on any atom is -0.349 e. The molecule has 4 rings (SSSR count). The monoisotopic (exact) mass is 289 g/mol. The highest BCUT2D eigenvalue weighted by Crippen LogP contribution is 2.29. The standard InChI is InChI=1S/C20H20N2/c1-4-14-12-22-11-10-17-16-8-6-7-9-18(16)21-19(17)20(22)13(3)15(14)5-2/h6-12H,4-5H2,1-3H3/p+1. The summed E-state index contributed by atoms with van der Waals surface area (Å²) in [6.45, 7) is 6.75. The van der Waals surface area contributed by atoms with Crippen molar-refractivity contribution in [3.63, 3.8) is 0 Å². The lowest BCUT2D eigenvalue weighted by Gasteiger charge is -2.08. The third kappa shape index (κ3) is 1.70. The first-order chi connectivity index (χ1) is 10.7. The Hall–Kier alpha value is -2.35. The maximum Gasteiger partial charge on any atom is 0.238 e. The van der Waals surface area contributed by atoms with Gasteiger partial charge in [-0.3, -0.25) is 0 Å². The molecule has 0 aliphatic carbocycles. The average Bonchev–Trinajstić information content (AvgIpc) is 2.92. The molecule has 0 unspecified atom stereocenters. The van der Waals surface area contributed by atoms with Crippen molar-refractivity contribution in [1.82, 2.24) is 4.98 Å². The van der Waals surface area contributed by atoms with E-state index in [1.807, 2.05) is 0 Å². The molecule has 4 aromatic rings. The van der Waals surface area contributed by atoms with Gasteiger partial charge in [0.05, 0.1) is 0 Å². The smallest absolute Gasteiger partial charge is 0.238 e. The van der Waals surface area contributed by atoms with E-state index in [2.05, 4.69) is 72.9 Å². The molecular formula is C20H21N2+. The Kier molecular flexibility index (Phi) is 2.93. The maximum absolute atomic E-state index is 3.63. The number of aromatic amines is 1. The number of nitrogens with zero attached hydrogens (tertiary/aromatic N) is 1. The zero-order chi connectivity index (χ0) is 15.3. The molecule has 0 aliphatic rings. The Balaban J connectivity index is 2.23. The number of H-pyrrole nitrogens is 1. The van der Waals surface area contributed by atoms with Crippen molar-refractivity contribution in [1.29, 1.82) is 0 Å². The summed E-state index contributed by atoms with van der Waals surface area (Å²) >= 11 is 0. The molecule has 0 saturated carbocycles. The number of para-hydroxylation sites is 1. The lowest BCUT2D eigenvalue weighted by molar-refractivity contribution is -0.511. The summed E-state index contributed by atoms with van der Waals surface area (Å²) < 4.78 is 2.28. The topological polar surface area (TPSA) is 19.9 Å². The number of pyridine rings is 2. The van der Waals surface area contributed by atoms with Crippen LogP contribution in [0.2, 0.25) is 0 Å². The molecule has 2 nitrogen and oxygen atoms in total. The molecule has 1 aromatic carbocycles. The first-order valence-corrected chi connectivity index (χ1v) is 8.10. The van der Waals surface area contributed by atoms with Crippen LogP contribution in [0.15, 0.2) is 42.7 Å². The largest absolute Gasteiger partial charge is 0.349 e. The SMILES string of the molecule is CCc1c[n+]2ccc3c4ccccc4[nH]c3c2c(C)c1CC. The molecule has 0 atom stereocenters. The van der Waals surface area contributed by atoms with Crippen LogP contribution in [0.25, 0.3) is 27.3 Å². The predicted molar refractivity (Wildman–Crippen MR) is 92.5 cm³/mol. The molecular weight excluding hydrogens is 268 g/mol. The molecule has 0 spiro atoms. The van der Waals surface area contributed by atoms with Gasteiger partial charge in [-0.15, -0.1) is 0 Å². The first kappa shape index (κ1) is 13.3. The van der Waals surface area contributed by atoms with Gasteiger partial charge in [-0.2, -0.15) is 4.40 Å². The summed E-state index contributed by atoms with van der Waals surface area (Å²) in [6.07, 6.45) is 6.66. The molecule has 0 aliphatic heterocycles. The Morgan fingerprint density at radius 3 is 2.59 bits per heavy atom. The molecule has 0 bridgehead atoms. The highest BCUT2D eigenvalue weighted by molar-refractivity contribution is 6.11. The molecule has 0 radical (unpaired) electrons. The Labute approximate surface area is 130 Å². The third-order valence-corrected chi connectivity index (χ3v) is 4.87. The van der Waals surface area contributed by atoms with Gasteiger partial charge < -0.3 is 4.98 Å². The number of hydrogen-bond acceptors (Lipinski definition) is 0. The van der Waals surface area contributed by atoms with Crippen molar-refractivity contribution in [2.24, 2.45) is 0 Å². The lowest BCUT2D eigenvalue weighted by atomic mass is 9.98. The molecule has 22 heavy (non-hydrogen) atoms. The minimum atomic E-state index is 1.08. The van der Waals surface area contributed by atoms with Crippen LogP contribution in [0.3, 0.4) is 0 Å². The fraction of sp³-hybridized carbons (Fsp3) is 0.250. The van der Waals surface area contributed by atoms with Gasteiger partial charge in [-0.25, -0.2) is 0 Å². The fourth-order valence-electron chi connectivity index (χ4n) is 3.80. The zero-order valence-corrected chi connectivity index (χ0v) is 13.4. The Morgan fingerprint density at radius 2 is 1.82 bits per heavy atom. The summed E-state index contributed by atoms with van der Waals surface area (Å²) in [6, 6.07) is 10.8. The number of nitrogens with one attached hydrogen (secondary N) is 1. The summed E-state index contributed by atoms with van der Waals surface area (Å²) in [5.41, 5.74) is 8.12. The molecule has 0 amide bonds.